The second-order valence-electron chi connectivity index (χ2n) is 6.46. The number of Topliss-reactive ketones (excluding diaryl/α,β-unsaturated/α-hetero) is 1. The van der Waals surface area contributed by atoms with Gasteiger partial charge in [0.25, 0.3) is 0 Å². The van der Waals surface area contributed by atoms with E-state index in [9.17, 15) is 19.5 Å². The number of hydrogen-bond donors (Lipinski definition) is 2. The van der Waals surface area contributed by atoms with E-state index in [1.807, 2.05) is 32.9 Å². The lowest BCUT2D eigenvalue weighted by molar-refractivity contribution is -0.143. The normalized spacial score (nSPS) is 23.9. The molecule has 4 atom stereocenters. The van der Waals surface area contributed by atoms with Crippen LogP contribution in [0.1, 0.15) is 59.3 Å². The van der Waals surface area contributed by atoms with Crippen LogP contribution in [-0.2, 0) is 14.4 Å². The van der Waals surface area contributed by atoms with Crippen molar-refractivity contribution in [1.82, 2.24) is 5.32 Å². The maximum absolute atomic E-state index is 12.2. The third-order valence-corrected chi connectivity index (χ3v) is 4.78. The Hall–Kier alpha value is -1.65. The summed E-state index contributed by atoms with van der Waals surface area (Å²) in [6, 6.07) is -0.858. The molecule has 0 aromatic heterocycles. The van der Waals surface area contributed by atoms with Crippen LogP contribution in [0.2, 0.25) is 0 Å². The van der Waals surface area contributed by atoms with Gasteiger partial charge in [0, 0.05) is 18.8 Å². The summed E-state index contributed by atoms with van der Waals surface area (Å²) in [5, 5.41) is 11.9. The SMILES string of the molecule is CC/C=C\C[C@@H]1C(=O)CC[C@H]1CC(=O)N[C@@H](C(=O)O)[C@H](C)CC. The van der Waals surface area contributed by atoms with E-state index in [1.165, 1.54) is 0 Å². The maximum atomic E-state index is 12.2. The number of rotatable bonds is 9. The van der Waals surface area contributed by atoms with Gasteiger partial charge in [0.15, 0.2) is 0 Å². The van der Waals surface area contributed by atoms with E-state index < -0.39 is 12.0 Å². The topological polar surface area (TPSA) is 83.5 Å². The molecule has 1 fully saturated rings. The second kappa shape index (κ2) is 9.48. The molecule has 1 saturated carbocycles. The first kappa shape index (κ1) is 19.4. The largest absolute Gasteiger partial charge is 0.480 e. The van der Waals surface area contributed by atoms with Crippen molar-refractivity contribution in [2.24, 2.45) is 17.8 Å². The Morgan fingerprint density at radius 2 is 2.04 bits per heavy atom. The molecule has 1 aliphatic rings. The van der Waals surface area contributed by atoms with E-state index in [1.54, 1.807) is 0 Å². The van der Waals surface area contributed by atoms with Crippen LogP contribution in [-0.4, -0.2) is 28.8 Å². The summed E-state index contributed by atoms with van der Waals surface area (Å²) in [4.78, 5) is 35.5. The summed E-state index contributed by atoms with van der Waals surface area (Å²) >= 11 is 0. The number of carbonyl (C=O) groups is 3. The lowest BCUT2D eigenvalue weighted by Crippen LogP contribution is -2.45. The molecule has 130 valence electrons. The molecule has 5 nitrogen and oxygen atoms in total. The molecular formula is C18H29NO4. The monoisotopic (exact) mass is 323 g/mol. The van der Waals surface area contributed by atoms with Crippen LogP contribution in [0, 0.1) is 17.8 Å². The van der Waals surface area contributed by atoms with Gasteiger partial charge in [-0.3, -0.25) is 9.59 Å². The Kier molecular flexibility index (Phi) is 8.00. The van der Waals surface area contributed by atoms with Gasteiger partial charge < -0.3 is 10.4 Å². The van der Waals surface area contributed by atoms with E-state index in [4.69, 9.17) is 0 Å². The second-order valence-corrected chi connectivity index (χ2v) is 6.46. The van der Waals surface area contributed by atoms with Gasteiger partial charge in [-0.05, 0) is 31.1 Å². The predicted octanol–water partition coefficient (Wildman–Crippen LogP) is 2.94. The van der Waals surface area contributed by atoms with Crippen molar-refractivity contribution >= 4 is 17.7 Å². The van der Waals surface area contributed by atoms with Crippen molar-refractivity contribution in [1.29, 1.82) is 0 Å². The van der Waals surface area contributed by atoms with E-state index >= 15 is 0 Å². The zero-order valence-electron chi connectivity index (χ0n) is 14.4. The van der Waals surface area contributed by atoms with E-state index in [2.05, 4.69) is 5.32 Å². The Balaban J connectivity index is 2.62. The van der Waals surface area contributed by atoms with Gasteiger partial charge in [0.1, 0.15) is 11.8 Å². The van der Waals surface area contributed by atoms with Crippen LogP contribution in [0.4, 0.5) is 0 Å². The molecule has 0 spiro atoms. The highest BCUT2D eigenvalue weighted by Crippen LogP contribution is 2.34. The van der Waals surface area contributed by atoms with Crippen LogP contribution in [0.25, 0.3) is 0 Å². The van der Waals surface area contributed by atoms with Crippen LogP contribution in [0.5, 0.6) is 0 Å². The molecule has 23 heavy (non-hydrogen) atoms. The van der Waals surface area contributed by atoms with Crippen molar-refractivity contribution in [3.05, 3.63) is 12.2 Å². The van der Waals surface area contributed by atoms with E-state index in [0.29, 0.717) is 19.3 Å². The molecular weight excluding hydrogens is 294 g/mol. The van der Waals surface area contributed by atoms with E-state index in [0.717, 1.165) is 12.8 Å². The van der Waals surface area contributed by atoms with Crippen LogP contribution < -0.4 is 5.32 Å². The lowest BCUT2D eigenvalue weighted by Gasteiger charge is -2.22. The first-order valence-electron chi connectivity index (χ1n) is 8.60. The van der Waals surface area contributed by atoms with Crippen LogP contribution >= 0.6 is 0 Å². The quantitative estimate of drug-likeness (QED) is 0.639. The maximum Gasteiger partial charge on any atom is 0.326 e. The molecule has 5 heteroatoms. The minimum atomic E-state index is -1.00. The Morgan fingerprint density at radius 3 is 2.61 bits per heavy atom. The van der Waals surface area contributed by atoms with Gasteiger partial charge in [0.05, 0.1) is 0 Å². The third-order valence-electron chi connectivity index (χ3n) is 4.78. The summed E-state index contributed by atoms with van der Waals surface area (Å²) in [6.45, 7) is 5.76. The van der Waals surface area contributed by atoms with Crippen molar-refractivity contribution in [3.8, 4) is 0 Å². The van der Waals surface area contributed by atoms with Gasteiger partial charge in [-0.2, -0.15) is 0 Å². The van der Waals surface area contributed by atoms with Crippen molar-refractivity contribution < 1.29 is 19.5 Å². The molecule has 1 amide bonds. The first-order chi connectivity index (χ1) is 10.9. The summed E-state index contributed by atoms with van der Waals surface area (Å²) in [7, 11) is 0. The molecule has 0 radical (unpaired) electrons. The van der Waals surface area contributed by atoms with Gasteiger partial charge >= 0.3 is 5.97 Å². The zero-order valence-corrected chi connectivity index (χ0v) is 14.4. The molecule has 0 aliphatic heterocycles. The van der Waals surface area contributed by atoms with Crippen LogP contribution in [0.3, 0.4) is 0 Å². The lowest BCUT2D eigenvalue weighted by atomic mass is 9.89. The molecule has 0 unspecified atom stereocenters. The number of aliphatic carboxylic acids is 1. The van der Waals surface area contributed by atoms with E-state index in [-0.39, 0.29) is 35.9 Å². The third kappa shape index (κ3) is 5.81. The standard InChI is InChI=1S/C18H29NO4/c1-4-6-7-8-14-13(9-10-15(14)20)11-16(21)19-17(18(22)23)12(3)5-2/h6-7,12-14,17H,4-5,8-11H2,1-3H3,(H,19,21)(H,22,23)/b7-6-/t12-,13+,14+,17-/m1/s1. The van der Waals surface area contributed by atoms with Crippen molar-refractivity contribution in [2.75, 3.05) is 0 Å². The fourth-order valence-corrected chi connectivity index (χ4v) is 3.11. The minimum absolute atomic E-state index is 0.0235. The fraction of sp³-hybridized carbons (Fsp3) is 0.722. The highest BCUT2D eigenvalue weighted by molar-refractivity contribution is 5.87. The predicted molar refractivity (Wildman–Crippen MR) is 88.9 cm³/mol. The fourth-order valence-electron chi connectivity index (χ4n) is 3.11. The molecule has 1 rings (SSSR count). The van der Waals surface area contributed by atoms with Crippen molar-refractivity contribution in [3.63, 3.8) is 0 Å². The number of carboxylic acid groups (broad SMARTS) is 1. The average molecular weight is 323 g/mol. The zero-order chi connectivity index (χ0) is 17.4. The number of nitrogens with one attached hydrogen (secondary N) is 1. The highest BCUT2D eigenvalue weighted by atomic mass is 16.4. The first-order valence-corrected chi connectivity index (χ1v) is 8.60. The number of allylic oxidation sites excluding steroid dienone is 2. The molecule has 0 aromatic carbocycles. The van der Waals surface area contributed by atoms with Gasteiger partial charge in [-0.25, -0.2) is 4.79 Å². The molecule has 0 aromatic rings. The summed E-state index contributed by atoms with van der Waals surface area (Å²) < 4.78 is 0. The number of carboxylic acids is 1. The highest BCUT2D eigenvalue weighted by Gasteiger charge is 2.35. The van der Waals surface area contributed by atoms with Crippen molar-refractivity contribution in [2.45, 2.75) is 65.3 Å². The summed E-state index contributed by atoms with van der Waals surface area (Å²) in [5.74, 6) is -1.24. The minimum Gasteiger partial charge on any atom is -0.480 e. The van der Waals surface area contributed by atoms with Gasteiger partial charge in [-0.1, -0.05) is 39.3 Å². The van der Waals surface area contributed by atoms with Gasteiger partial charge in [0.2, 0.25) is 5.91 Å². The summed E-state index contributed by atoms with van der Waals surface area (Å²) in [5.41, 5.74) is 0. The molecule has 1 aliphatic carbocycles. The average Bonchev–Trinajstić information content (AvgIpc) is 2.84. The Morgan fingerprint density at radius 1 is 1.35 bits per heavy atom. The van der Waals surface area contributed by atoms with Gasteiger partial charge in [-0.15, -0.1) is 0 Å². The number of carbonyl (C=O) groups excluding carboxylic acids is 2. The number of hydrogen-bond acceptors (Lipinski definition) is 3. The number of amides is 1. The molecule has 0 saturated heterocycles. The molecule has 0 heterocycles. The molecule has 2 N–H and O–H groups in total. The smallest absolute Gasteiger partial charge is 0.326 e. The number of ketones is 1. The summed E-state index contributed by atoms with van der Waals surface area (Å²) in [6.07, 6.45) is 7.82. The molecule has 0 bridgehead atoms. The Labute approximate surface area is 138 Å². The Bertz CT molecular complexity index is 458. The van der Waals surface area contributed by atoms with Crippen LogP contribution in [0.15, 0.2) is 12.2 Å².